The molecule has 5 heteroatoms. The second-order valence-electron chi connectivity index (χ2n) is 6.51. The number of carbonyl (C=O) groups is 2. The zero-order valence-corrected chi connectivity index (χ0v) is 13.5. The molecule has 1 aromatic carbocycles. The fourth-order valence-corrected chi connectivity index (χ4v) is 3.16. The van der Waals surface area contributed by atoms with Gasteiger partial charge in [-0.15, -0.1) is 0 Å². The van der Waals surface area contributed by atoms with Crippen LogP contribution in [0.2, 0.25) is 0 Å². The van der Waals surface area contributed by atoms with E-state index in [2.05, 4.69) is 24.1 Å². The van der Waals surface area contributed by atoms with Crippen molar-refractivity contribution < 1.29 is 9.59 Å². The summed E-state index contributed by atoms with van der Waals surface area (Å²) in [5.41, 5.74) is 6.32. The lowest BCUT2D eigenvalue weighted by Crippen LogP contribution is -2.48. The maximum Gasteiger partial charge on any atom is 0.248 e. The molecule has 1 fully saturated rings. The standard InChI is InChI=1S/C17H25N3O2/c1-11-8-12(2)10-20(9-11)13(3)17(22)19-15-6-4-14(5-7-15)16(18)21/h4-7,11-13H,8-10H2,1-3H3,(H2,18,21)(H,19,22)/t11-,12-,13+/m1/s1. The Morgan fingerprint density at radius 1 is 1.18 bits per heavy atom. The zero-order valence-electron chi connectivity index (χ0n) is 13.5. The average Bonchev–Trinajstić information content (AvgIpc) is 2.46. The van der Waals surface area contributed by atoms with Crippen LogP contribution < -0.4 is 11.1 Å². The van der Waals surface area contributed by atoms with E-state index >= 15 is 0 Å². The topological polar surface area (TPSA) is 75.4 Å². The minimum atomic E-state index is -0.470. The highest BCUT2D eigenvalue weighted by Crippen LogP contribution is 2.23. The van der Waals surface area contributed by atoms with Crippen molar-refractivity contribution in [3.05, 3.63) is 29.8 Å². The number of carbonyl (C=O) groups excluding carboxylic acids is 2. The molecule has 3 atom stereocenters. The van der Waals surface area contributed by atoms with Crippen LogP contribution in [0.5, 0.6) is 0 Å². The van der Waals surface area contributed by atoms with Crippen LogP contribution in [0.25, 0.3) is 0 Å². The van der Waals surface area contributed by atoms with Gasteiger partial charge in [0, 0.05) is 24.3 Å². The van der Waals surface area contributed by atoms with Gasteiger partial charge in [-0.05, 0) is 49.4 Å². The molecule has 0 aliphatic carbocycles. The van der Waals surface area contributed by atoms with Gasteiger partial charge in [0.15, 0.2) is 0 Å². The van der Waals surface area contributed by atoms with Gasteiger partial charge < -0.3 is 11.1 Å². The Labute approximate surface area is 131 Å². The van der Waals surface area contributed by atoms with E-state index in [-0.39, 0.29) is 11.9 Å². The Kier molecular flexibility index (Phi) is 5.19. The summed E-state index contributed by atoms with van der Waals surface area (Å²) in [7, 11) is 0. The number of amides is 2. The quantitative estimate of drug-likeness (QED) is 0.894. The molecule has 1 aliphatic rings. The summed E-state index contributed by atoms with van der Waals surface area (Å²) < 4.78 is 0. The Morgan fingerprint density at radius 2 is 1.73 bits per heavy atom. The van der Waals surface area contributed by atoms with E-state index in [0.717, 1.165) is 13.1 Å². The van der Waals surface area contributed by atoms with Gasteiger partial charge in [0.05, 0.1) is 6.04 Å². The number of primary amides is 1. The third-order valence-electron chi connectivity index (χ3n) is 4.26. The third-order valence-corrected chi connectivity index (χ3v) is 4.26. The molecule has 0 bridgehead atoms. The molecule has 1 heterocycles. The van der Waals surface area contributed by atoms with E-state index in [9.17, 15) is 9.59 Å². The second kappa shape index (κ2) is 6.92. The van der Waals surface area contributed by atoms with E-state index in [0.29, 0.717) is 23.1 Å². The molecular weight excluding hydrogens is 278 g/mol. The Hall–Kier alpha value is -1.88. The maximum atomic E-state index is 12.4. The molecule has 2 rings (SSSR count). The predicted octanol–water partition coefficient (Wildman–Crippen LogP) is 2.09. The smallest absolute Gasteiger partial charge is 0.248 e. The summed E-state index contributed by atoms with van der Waals surface area (Å²) in [6.07, 6.45) is 1.22. The van der Waals surface area contributed by atoms with Crippen molar-refractivity contribution in [2.75, 3.05) is 18.4 Å². The molecule has 3 N–H and O–H groups in total. The van der Waals surface area contributed by atoms with E-state index in [1.807, 2.05) is 6.92 Å². The second-order valence-corrected chi connectivity index (χ2v) is 6.51. The molecule has 1 aromatic rings. The summed E-state index contributed by atoms with van der Waals surface area (Å²) >= 11 is 0. The maximum absolute atomic E-state index is 12.4. The van der Waals surface area contributed by atoms with Gasteiger partial charge >= 0.3 is 0 Å². The van der Waals surface area contributed by atoms with Gasteiger partial charge in [-0.2, -0.15) is 0 Å². The summed E-state index contributed by atoms with van der Waals surface area (Å²) in [5.74, 6) is 0.748. The van der Waals surface area contributed by atoms with Crippen LogP contribution in [0, 0.1) is 11.8 Å². The molecule has 0 saturated carbocycles. The number of nitrogens with zero attached hydrogens (tertiary/aromatic N) is 1. The first-order valence-electron chi connectivity index (χ1n) is 7.81. The number of nitrogens with two attached hydrogens (primary N) is 1. The molecule has 22 heavy (non-hydrogen) atoms. The number of likely N-dealkylation sites (tertiary alicyclic amines) is 1. The summed E-state index contributed by atoms with van der Waals surface area (Å²) in [5, 5.41) is 2.90. The molecule has 2 amide bonds. The normalized spacial score (nSPS) is 23.8. The number of nitrogens with one attached hydrogen (secondary N) is 1. The van der Waals surface area contributed by atoms with Crippen LogP contribution in [0.15, 0.2) is 24.3 Å². The van der Waals surface area contributed by atoms with Crippen molar-refractivity contribution in [3.8, 4) is 0 Å². The lowest BCUT2D eigenvalue weighted by Gasteiger charge is -2.38. The van der Waals surface area contributed by atoms with Crippen molar-refractivity contribution in [2.24, 2.45) is 17.6 Å². The molecule has 0 unspecified atom stereocenters. The van der Waals surface area contributed by atoms with Gasteiger partial charge in [0.1, 0.15) is 0 Å². The SMILES string of the molecule is C[C@@H]1C[C@@H](C)CN([C@@H](C)C(=O)Nc2ccc(C(N)=O)cc2)C1. The molecule has 0 radical (unpaired) electrons. The highest BCUT2D eigenvalue weighted by molar-refractivity contribution is 5.96. The van der Waals surface area contributed by atoms with Crippen LogP contribution in [-0.2, 0) is 4.79 Å². The third kappa shape index (κ3) is 4.07. The minimum absolute atomic E-state index is 0.0203. The van der Waals surface area contributed by atoms with Gasteiger partial charge in [-0.1, -0.05) is 13.8 Å². The van der Waals surface area contributed by atoms with Crippen molar-refractivity contribution in [1.82, 2.24) is 4.90 Å². The number of anilines is 1. The predicted molar refractivity (Wildman–Crippen MR) is 87.6 cm³/mol. The first-order valence-corrected chi connectivity index (χ1v) is 7.81. The summed E-state index contributed by atoms with van der Waals surface area (Å²) in [4.78, 5) is 25.7. The number of rotatable bonds is 4. The van der Waals surface area contributed by atoms with Crippen LogP contribution in [0.3, 0.4) is 0 Å². The van der Waals surface area contributed by atoms with E-state index < -0.39 is 5.91 Å². The zero-order chi connectivity index (χ0) is 16.3. The Morgan fingerprint density at radius 3 is 2.23 bits per heavy atom. The van der Waals surface area contributed by atoms with Crippen molar-refractivity contribution in [3.63, 3.8) is 0 Å². The van der Waals surface area contributed by atoms with Crippen molar-refractivity contribution >= 4 is 17.5 Å². The molecule has 0 aromatic heterocycles. The first-order chi connectivity index (χ1) is 10.4. The number of benzene rings is 1. The average molecular weight is 303 g/mol. The number of hydrogen-bond acceptors (Lipinski definition) is 3. The van der Waals surface area contributed by atoms with Gasteiger partial charge in [-0.25, -0.2) is 0 Å². The fourth-order valence-electron chi connectivity index (χ4n) is 3.16. The largest absolute Gasteiger partial charge is 0.366 e. The molecular formula is C17H25N3O2. The highest BCUT2D eigenvalue weighted by atomic mass is 16.2. The monoisotopic (exact) mass is 303 g/mol. The Bertz CT molecular complexity index is 531. The summed E-state index contributed by atoms with van der Waals surface area (Å²) in [6, 6.07) is 6.47. The highest BCUT2D eigenvalue weighted by Gasteiger charge is 2.28. The summed E-state index contributed by atoms with van der Waals surface area (Å²) in [6.45, 7) is 8.32. The lowest BCUT2D eigenvalue weighted by atomic mass is 9.91. The molecule has 5 nitrogen and oxygen atoms in total. The minimum Gasteiger partial charge on any atom is -0.366 e. The molecule has 0 spiro atoms. The van der Waals surface area contributed by atoms with Crippen LogP contribution in [0.1, 0.15) is 37.6 Å². The number of piperidine rings is 1. The van der Waals surface area contributed by atoms with Gasteiger partial charge in [0.2, 0.25) is 11.8 Å². The first kappa shape index (κ1) is 16.5. The van der Waals surface area contributed by atoms with Gasteiger partial charge in [-0.3, -0.25) is 14.5 Å². The lowest BCUT2D eigenvalue weighted by molar-refractivity contribution is -0.121. The van der Waals surface area contributed by atoms with Crippen LogP contribution >= 0.6 is 0 Å². The Balaban J connectivity index is 1.97. The fraction of sp³-hybridized carbons (Fsp3) is 0.529. The molecule has 1 aliphatic heterocycles. The molecule has 1 saturated heterocycles. The van der Waals surface area contributed by atoms with Gasteiger partial charge in [0.25, 0.3) is 0 Å². The van der Waals surface area contributed by atoms with E-state index in [4.69, 9.17) is 5.73 Å². The number of hydrogen-bond donors (Lipinski definition) is 2. The molecule has 120 valence electrons. The van der Waals surface area contributed by atoms with E-state index in [1.165, 1.54) is 6.42 Å². The van der Waals surface area contributed by atoms with Crippen LogP contribution in [0.4, 0.5) is 5.69 Å². The van der Waals surface area contributed by atoms with E-state index in [1.54, 1.807) is 24.3 Å². The van der Waals surface area contributed by atoms with Crippen molar-refractivity contribution in [1.29, 1.82) is 0 Å². The van der Waals surface area contributed by atoms with Crippen molar-refractivity contribution in [2.45, 2.75) is 33.2 Å². The van der Waals surface area contributed by atoms with Crippen LogP contribution in [-0.4, -0.2) is 35.8 Å².